The van der Waals surface area contributed by atoms with Crippen LogP contribution in [-0.2, 0) is 71.5 Å². The maximum atomic E-state index is 12.4. The van der Waals surface area contributed by atoms with Crippen LogP contribution in [0.1, 0.15) is 19.6 Å². The fourth-order valence-electron chi connectivity index (χ4n) is 4.73. The van der Waals surface area contributed by atoms with Gasteiger partial charge in [0.15, 0.2) is 0 Å². The Hall–Kier alpha value is -5.24. The van der Waals surface area contributed by atoms with E-state index in [2.05, 4.69) is 10.6 Å². The lowest BCUT2D eigenvalue weighted by molar-refractivity contribution is -0.158. The van der Waals surface area contributed by atoms with Crippen molar-refractivity contribution in [2.24, 2.45) is 0 Å². The molecular weight excluding hydrogens is 848 g/mol. The van der Waals surface area contributed by atoms with Crippen molar-refractivity contribution in [1.29, 1.82) is 0 Å². The number of rotatable bonds is 37. The molecule has 0 aliphatic carbocycles. The minimum absolute atomic E-state index is 0.00473. The summed E-state index contributed by atoms with van der Waals surface area (Å²) in [7, 11) is 7.76. The normalized spacial score (nSPS) is 11.3. The maximum Gasteiger partial charge on any atom is 0.354 e. The molecule has 1 atom stereocenters. The Morgan fingerprint density at radius 2 is 0.891 bits per heavy atom. The average molecular weight is 917 g/mol. The summed E-state index contributed by atoms with van der Waals surface area (Å²) in [6, 6.07) is 3.36. The van der Waals surface area contributed by atoms with Crippen molar-refractivity contribution in [3.63, 3.8) is 0 Å². The number of amides is 7. The predicted octanol–water partition coefficient (Wildman–Crippen LogP) is -2.88. The van der Waals surface area contributed by atoms with Crippen LogP contribution in [0.15, 0.2) is 24.5 Å². The highest BCUT2D eigenvalue weighted by molar-refractivity contribution is 5.85. The molecule has 1 rings (SSSR count). The lowest BCUT2D eigenvalue weighted by Gasteiger charge is -2.21. The smallest absolute Gasteiger partial charge is 0.354 e. The quantitative estimate of drug-likeness (QED) is 0.0566. The van der Waals surface area contributed by atoms with E-state index < -0.39 is 18.1 Å². The van der Waals surface area contributed by atoms with Crippen LogP contribution in [0.5, 0.6) is 0 Å². The molecule has 1 heterocycles. The van der Waals surface area contributed by atoms with Gasteiger partial charge in [-0.25, -0.2) is 4.79 Å². The molecule has 64 heavy (non-hydrogen) atoms. The molecule has 0 bridgehead atoms. The van der Waals surface area contributed by atoms with E-state index in [1.165, 1.54) is 36.1 Å². The highest BCUT2D eigenvalue weighted by Crippen LogP contribution is 2.09. The summed E-state index contributed by atoms with van der Waals surface area (Å²) in [6.45, 7) is 2.79. The van der Waals surface area contributed by atoms with Crippen LogP contribution in [0.4, 0.5) is 0 Å². The minimum Gasteiger partial charge on any atom is -0.478 e. The number of nitrogens with zero attached hydrogens (tertiary/aromatic N) is 6. The standard InChI is InChI=1S/C40H68N8O16/c1-7-32(49)41-10-18-58-24-25-63-27-33(50)42-26-34(51)43(2)13-19-59-28-35(52)44(3)14-20-60-29-36(53)45(4)15-21-61-30-37(54)46(5)16-22-62-31-38(55)47(6)17-23-64-39(40(56)57)48-11-8-9-12-48/h8-9,11-12,39H,7,10,13-31H2,1-6H3,(H,41,49)(H,42,50)(H,56,57). The van der Waals surface area contributed by atoms with Gasteiger partial charge in [-0.15, -0.1) is 0 Å². The monoisotopic (exact) mass is 916 g/mol. The summed E-state index contributed by atoms with van der Waals surface area (Å²) in [5.41, 5.74) is 0. The van der Waals surface area contributed by atoms with E-state index >= 15 is 0 Å². The molecule has 1 unspecified atom stereocenters. The minimum atomic E-state index is -1.20. The molecule has 0 aromatic carbocycles. The van der Waals surface area contributed by atoms with Crippen molar-refractivity contribution < 1.29 is 76.6 Å². The summed E-state index contributed by atoms with van der Waals surface area (Å²) in [5.74, 6) is -3.36. The fraction of sp³-hybridized carbons (Fsp3) is 0.700. The number of carbonyl (C=O) groups excluding carboxylic acids is 7. The number of hydrogen-bond donors (Lipinski definition) is 3. The second kappa shape index (κ2) is 34.2. The molecular formula is C40H68N8O16. The van der Waals surface area contributed by atoms with Gasteiger partial charge in [0.05, 0.1) is 59.4 Å². The SMILES string of the molecule is CCC(=O)NCCOCCOCC(=O)NCC(=O)N(C)CCOCC(=O)N(C)CCOCC(=O)N(C)CCOCC(=O)N(C)CCOCC(=O)N(C)CCOC(C(=O)O)n1cccc1. The first-order valence-electron chi connectivity index (χ1n) is 20.7. The van der Waals surface area contributed by atoms with Crippen LogP contribution in [0.3, 0.4) is 0 Å². The van der Waals surface area contributed by atoms with Crippen LogP contribution in [0, 0.1) is 0 Å². The number of carboxylic acids is 1. The van der Waals surface area contributed by atoms with Gasteiger partial charge in [0.1, 0.15) is 33.0 Å². The number of likely N-dealkylation sites (N-methyl/N-ethyl adjacent to an activating group) is 5. The van der Waals surface area contributed by atoms with Gasteiger partial charge in [-0.3, -0.25) is 33.6 Å². The number of ether oxygens (including phenoxy) is 7. The molecule has 0 saturated carbocycles. The van der Waals surface area contributed by atoms with E-state index in [-0.39, 0.29) is 154 Å². The van der Waals surface area contributed by atoms with Crippen molar-refractivity contribution in [1.82, 2.24) is 39.7 Å². The maximum absolute atomic E-state index is 12.4. The fourth-order valence-corrected chi connectivity index (χ4v) is 4.73. The number of aromatic nitrogens is 1. The van der Waals surface area contributed by atoms with Crippen molar-refractivity contribution in [3.8, 4) is 0 Å². The van der Waals surface area contributed by atoms with Gasteiger partial charge < -0.3 is 78.0 Å². The summed E-state index contributed by atoms with van der Waals surface area (Å²) >= 11 is 0. The summed E-state index contributed by atoms with van der Waals surface area (Å²) < 4.78 is 39.0. The number of carboxylic acid groups (broad SMARTS) is 1. The molecule has 0 fully saturated rings. The molecule has 24 heteroatoms. The molecule has 3 N–H and O–H groups in total. The van der Waals surface area contributed by atoms with Gasteiger partial charge in [0.2, 0.25) is 47.6 Å². The second-order valence-corrected chi connectivity index (χ2v) is 14.1. The lowest BCUT2D eigenvalue weighted by atomic mass is 10.4. The zero-order valence-corrected chi connectivity index (χ0v) is 38.0. The molecule has 0 aliphatic heterocycles. The van der Waals surface area contributed by atoms with Crippen molar-refractivity contribution in [2.45, 2.75) is 19.6 Å². The lowest BCUT2D eigenvalue weighted by Crippen LogP contribution is -2.41. The topological polar surface area (TPSA) is 267 Å². The van der Waals surface area contributed by atoms with E-state index in [0.29, 0.717) is 19.6 Å². The van der Waals surface area contributed by atoms with Gasteiger partial charge in [-0.1, -0.05) is 6.92 Å². The molecule has 7 amide bonds. The summed E-state index contributed by atoms with van der Waals surface area (Å²) in [6.07, 6.45) is 2.33. The first-order valence-corrected chi connectivity index (χ1v) is 20.7. The molecule has 24 nitrogen and oxygen atoms in total. The van der Waals surface area contributed by atoms with Crippen LogP contribution in [0.2, 0.25) is 0 Å². The van der Waals surface area contributed by atoms with E-state index in [1.807, 2.05) is 0 Å². The average Bonchev–Trinajstić information content (AvgIpc) is 3.81. The van der Waals surface area contributed by atoms with Gasteiger partial charge in [-0.05, 0) is 12.1 Å². The Bertz CT molecular complexity index is 1550. The van der Waals surface area contributed by atoms with E-state index in [9.17, 15) is 43.5 Å². The number of aliphatic carboxylic acids is 1. The van der Waals surface area contributed by atoms with Crippen LogP contribution in [-0.4, -0.2) is 248 Å². The van der Waals surface area contributed by atoms with Crippen LogP contribution in [0.25, 0.3) is 0 Å². The van der Waals surface area contributed by atoms with E-state index in [4.69, 9.17) is 33.2 Å². The second-order valence-electron chi connectivity index (χ2n) is 14.1. The Balaban J connectivity index is 2.08. The van der Waals surface area contributed by atoms with Crippen molar-refractivity contribution in [3.05, 3.63) is 24.5 Å². The Labute approximate surface area is 374 Å². The molecule has 1 aromatic rings. The van der Waals surface area contributed by atoms with E-state index in [1.54, 1.807) is 59.6 Å². The van der Waals surface area contributed by atoms with Gasteiger partial charge in [0.25, 0.3) is 0 Å². The van der Waals surface area contributed by atoms with Gasteiger partial charge in [0, 0.05) is 93.3 Å². The summed E-state index contributed by atoms with van der Waals surface area (Å²) in [5, 5.41) is 14.5. The molecule has 0 saturated heterocycles. The predicted molar refractivity (Wildman–Crippen MR) is 226 cm³/mol. The van der Waals surface area contributed by atoms with Crippen molar-refractivity contribution >= 4 is 47.3 Å². The third-order valence-electron chi connectivity index (χ3n) is 9.06. The zero-order chi connectivity index (χ0) is 47.7. The van der Waals surface area contributed by atoms with Crippen molar-refractivity contribution in [2.75, 3.05) is 167 Å². The Kier molecular flexibility index (Phi) is 30.3. The molecule has 0 spiro atoms. The highest BCUT2D eigenvalue weighted by atomic mass is 16.5. The third kappa shape index (κ3) is 26.4. The van der Waals surface area contributed by atoms with Gasteiger partial charge >= 0.3 is 5.97 Å². The Morgan fingerprint density at radius 1 is 0.500 bits per heavy atom. The first-order chi connectivity index (χ1) is 30.6. The number of carbonyl (C=O) groups is 8. The largest absolute Gasteiger partial charge is 0.478 e. The molecule has 1 aromatic heterocycles. The Morgan fingerprint density at radius 3 is 1.31 bits per heavy atom. The van der Waals surface area contributed by atoms with Crippen LogP contribution >= 0.6 is 0 Å². The number of hydrogen-bond acceptors (Lipinski definition) is 15. The summed E-state index contributed by atoms with van der Waals surface area (Å²) in [4.78, 5) is 103. The van der Waals surface area contributed by atoms with Gasteiger partial charge in [-0.2, -0.15) is 0 Å². The van der Waals surface area contributed by atoms with Crippen LogP contribution < -0.4 is 10.6 Å². The molecule has 0 aliphatic rings. The first kappa shape index (κ1) is 56.8. The third-order valence-corrected chi connectivity index (χ3v) is 9.06. The zero-order valence-electron chi connectivity index (χ0n) is 38.0. The number of nitrogens with one attached hydrogen (secondary N) is 2. The van der Waals surface area contributed by atoms with E-state index in [0.717, 1.165) is 0 Å². The molecule has 0 radical (unpaired) electrons. The highest BCUT2D eigenvalue weighted by Gasteiger charge is 2.20. The molecule has 364 valence electrons.